The van der Waals surface area contributed by atoms with Gasteiger partial charge in [-0.05, 0) is 55.7 Å². The number of benzene rings is 1. The molecule has 0 atom stereocenters. The van der Waals surface area contributed by atoms with E-state index in [1.165, 1.54) is 4.31 Å². The summed E-state index contributed by atoms with van der Waals surface area (Å²) in [6, 6.07) is 10.9. The molecule has 13 heteroatoms. The van der Waals surface area contributed by atoms with Crippen LogP contribution < -0.4 is 30.1 Å². The van der Waals surface area contributed by atoms with E-state index in [-0.39, 0.29) is 30.5 Å². The first-order valence-electron chi connectivity index (χ1n) is 13.5. The van der Waals surface area contributed by atoms with E-state index in [1.807, 2.05) is 30.0 Å². The molecule has 2 aliphatic heterocycles. The summed E-state index contributed by atoms with van der Waals surface area (Å²) in [6.07, 6.45) is 4.74. The molecule has 0 radical (unpaired) electrons. The number of hydrogen-bond acceptors (Lipinski definition) is 9. The van der Waals surface area contributed by atoms with Crippen molar-refractivity contribution in [2.24, 2.45) is 5.84 Å². The lowest BCUT2D eigenvalue weighted by atomic mass is 10.1. The van der Waals surface area contributed by atoms with E-state index in [0.29, 0.717) is 61.1 Å². The fourth-order valence-corrected chi connectivity index (χ4v) is 6.78. The predicted molar refractivity (Wildman–Crippen MR) is 156 cm³/mol. The first-order valence-corrected chi connectivity index (χ1v) is 15.1. The van der Waals surface area contributed by atoms with Gasteiger partial charge in [0.15, 0.2) is 5.82 Å². The molecule has 0 aliphatic carbocycles. The van der Waals surface area contributed by atoms with Crippen LogP contribution in [-0.2, 0) is 27.7 Å². The predicted octanol–water partition coefficient (Wildman–Crippen LogP) is 2.31. The molecule has 0 fully saturated rings. The Morgan fingerprint density at radius 2 is 1.95 bits per heavy atom. The van der Waals surface area contributed by atoms with Crippen molar-refractivity contribution in [2.45, 2.75) is 32.6 Å². The number of nitrogens with zero attached hydrogens (tertiary/aromatic N) is 5. The lowest BCUT2D eigenvalue weighted by Crippen LogP contribution is -2.39. The van der Waals surface area contributed by atoms with Crippen molar-refractivity contribution in [2.75, 3.05) is 46.6 Å². The van der Waals surface area contributed by atoms with Crippen LogP contribution in [0.25, 0.3) is 0 Å². The van der Waals surface area contributed by atoms with Crippen molar-refractivity contribution < 1.29 is 22.7 Å². The largest absolute Gasteiger partial charge is 0.493 e. The SMILES string of the molecule is CCN1c2ncc(CCOc3cccc4c3CCS(=O)(=O)N4CCCC(=O)NN)cc2C(=O)N(C)c2cccnc21. The molecule has 0 saturated carbocycles. The van der Waals surface area contributed by atoms with Gasteiger partial charge in [0.05, 0.1) is 29.3 Å². The molecule has 3 N–H and O–H groups in total. The molecule has 5 rings (SSSR count). The van der Waals surface area contributed by atoms with Crippen molar-refractivity contribution in [3.8, 4) is 5.75 Å². The van der Waals surface area contributed by atoms with Gasteiger partial charge in [0, 0.05) is 50.9 Å². The highest BCUT2D eigenvalue weighted by atomic mass is 32.2. The van der Waals surface area contributed by atoms with Crippen LogP contribution in [0.3, 0.4) is 0 Å². The number of carbonyl (C=O) groups is 2. The van der Waals surface area contributed by atoms with Crippen molar-refractivity contribution in [3.63, 3.8) is 0 Å². The van der Waals surface area contributed by atoms with E-state index in [2.05, 4.69) is 15.4 Å². The summed E-state index contributed by atoms with van der Waals surface area (Å²) >= 11 is 0. The number of amides is 2. The Balaban J connectivity index is 1.32. The summed E-state index contributed by atoms with van der Waals surface area (Å²) in [5.41, 5.74) is 5.49. The number of fused-ring (bicyclic) bond motifs is 3. The van der Waals surface area contributed by atoms with Gasteiger partial charge >= 0.3 is 0 Å². The number of anilines is 4. The molecule has 4 heterocycles. The fourth-order valence-electron chi connectivity index (χ4n) is 5.22. The number of ether oxygens (including phenoxy) is 1. The number of nitrogens with two attached hydrogens (primary N) is 1. The van der Waals surface area contributed by atoms with E-state index in [4.69, 9.17) is 10.6 Å². The highest BCUT2D eigenvalue weighted by Gasteiger charge is 2.32. The van der Waals surface area contributed by atoms with Gasteiger partial charge in [-0.15, -0.1) is 0 Å². The van der Waals surface area contributed by atoms with Crippen LogP contribution in [0.1, 0.15) is 41.3 Å². The van der Waals surface area contributed by atoms with Crippen molar-refractivity contribution in [3.05, 3.63) is 65.5 Å². The number of pyridine rings is 2. The third-order valence-electron chi connectivity index (χ3n) is 7.31. The van der Waals surface area contributed by atoms with Gasteiger partial charge < -0.3 is 14.5 Å². The number of sulfonamides is 1. The zero-order valence-electron chi connectivity index (χ0n) is 23.0. The zero-order valence-corrected chi connectivity index (χ0v) is 23.9. The Morgan fingerprint density at radius 3 is 2.73 bits per heavy atom. The normalized spacial score (nSPS) is 15.5. The van der Waals surface area contributed by atoms with Gasteiger partial charge in [-0.2, -0.15) is 0 Å². The average molecular weight is 580 g/mol. The average Bonchev–Trinajstić information content (AvgIpc) is 3.06. The molecule has 2 aromatic heterocycles. The van der Waals surface area contributed by atoms with Gasteiger partial charge in [0.1, 0.15) is 11.6 Å². The number of carbonyl (C=O) groups excluding carboxylic acids is 2. The Labute approximate surface area is 239 Å². The molecule has 1 aromatic carbocycles. The summed E-state index contributed by atoms with van der Waals surface area (Å²) in [6.45, 7) is 3.07. The minimum absolute atomic E-state index is 0.0427. The standard InChI is InChI=1S/C28H33N7O5S/c1-3-34-26-21(28(37)33(2)23-8-5-13-30-27(23)34)17-19(18-31-26)11-15-40-24-9-4-7-22-20(24)12-16-41(38,39)35(22)14-6-10-25(36)32-29/h4-5,7-9,13,17-18H,3,6,10-12,14-16,29H2,1-2H3,(H,32,36). The molecule has 0 bridgehead atoms. The smallest absolute Gasteiger partial charge is 0.261 e. The second-order valence-electron chi connectivity index (χ2n) is 9.83. The molecular weight excluding hydrogens is 546 g/mol. The maximum Gasteiger partial charge on any atom is 0.261 e. The summed E-state index contributed by atoms with van der Waals surface area (Å²) in [4.78, 5) is 37.6. The minimum Gasteiger partial charge on any atom is -0.493 e. The number of hydrogen-bond donors (Lipinski definition) is 2. The molecular formula is C28H33N7O5S. The number of nitrogens with one attached hydrogen (secondary N) is 1. The summed E-state index contributed by atoms with van der Waals surface area (Å²) in [7, 11) is -1.78. The summed E-state index contributed by atoms with van der Waals surface area (Å²) in [5.74, 6) is 6.44. The van der Waals surface area contributed by atoms with Crippen LogP contribution in [0.4, 0.5) is 23.0 Å². The number of rotatable bonds is 9. The van der Waals surface area contributed by atoms with Gasteiger partial charge in [-0.25, -0.2) is 24.2 Å². The maximum atomic E-state index is 13.4. The van der Waals surface area contributed by atoms with Crippen LogP contribution in [0.15, 0.2) is 48.8 Å². The molecule has 216 valence electrons. The Hall–Kier alpha value is -4.23. The van der Waals surface area contributed by atoms with Crippen LogP contribution in [0.2, 0.25) is 0 Å². The first-order chi connectivity index (χ1) is 19.7. The van der Waals surface area contributed by atoms with Gasteiger partial charge in [-0.3, -0.25) is 19.3 Å². The number of hydrazine groups is 1. The Bertz CT molecular complexity index is 1580. The highest BCUT2D eigenvalue weighted by Crippen LogP contribution is 2.38. The second-order valence-corrected chi connectivity index (χ2v) is 11.8. The quantitative estimate of drug-likeness (QED) is 0.221. The van der Waals surface area contributed by atoms with E-state index in [9.17, 15) is 18.0 Å². The van der Waals surface area contributed by atoms with Crippen molar-refractivity contribution in [1.29, 1.82) is 0 Å². The molecule has 0 spiro atoms. The molecule has 2 amide bonds. The van der Waals surface area contributed by atoms with Gasteiger partial charge in [0.2, 0.25) is 15.9 Å². The molecule has 3 aromatic rings. The maximum absolute atomic E-state index is 13.4. The fraction of sp³-hybridized carbons (Fsp3) is 0.357. The molecule has 0 saturated heterocycles. The molecule has 12 nitrogen and oxygen atoms in total. The van der Waals surface area contributed by atoms with Crippen LogP contribution >= 0.6 is 0 Å². The lowest BCUT2D eigenvalue weighted by molar-refractivity contribution is -0.121. The van der Waals surface area contributed by atoms with Gasteiger partial charge in [-0.1, -0.05) is 6.07 Å². The van der Waals surface area contributed by atoms with E-state index >= 15 is 0 Å². The monoisotopic (exact) mass is 579 g/mol. The van der Waals surface area contributed by atoms with Gasteiger partial charge in [0.25, 0.3) is 5.91 Å². The van der Waals surface area contributed by atoms with Crippen LogP contribution in [0.5, 0.6) is 5.75 Å². The molecule has 0 unspecified atom stereocenters. The second kappa shape index (κ2) is 11.7. The first kappa shape index (κ1) is 28.3. The van der Waals surface area contributed by atoms with E-state index < -0.39 is 10.0 Å². The topological polar surface area (TPSA) is 151 Å². The van der Waals surface area contributed by atoms with Crippen LogP contribution in [0, 0.1) is 0 Å². The lowest BCUT2D eigenvalue weighted by Gasteiger charge is -2.31. The van der Waals surface area contributed by atoms with Crippen molar-refractivity contribution in [1.82, 2.24) is 15.4 Å². The summed E-state index contributed by atoms with van der Waals surface area (Å²) < 4.78 is 33.2. The zero-order chi connectivity index (χ0) is 29.1. The number of aromatic nitrogens is 2. The Kier molecular flexibility index (Phi) is 8.08. The molecule has 2 aliphatic rings. The van der Waals surface area contributed by atoms with E-state index in [0.717, 1.165) is 16.8 Å². The van der Waals surface area contributed by atoms with Crippen LogP contribution in [-0.4, -0.2) is 62.7 Å². The highest BCUT2D eigenvalue weighted by molar-refractivity contribution is 7.92. The third-order valence-corrected chi connectivity index (χ3v) is 9.08. The third kappa shape index (κ3) is 5.55. The Morgan fingerprint density at radius 1 is 1.15 bits per heavy atom. The van der Waals surface area contributed by atoms with Crippen molar-refractivity contribution >= 4 is 44.8 Å². The summed E-state index contributed by atoms with van der Waals surface area (Å²) in [5, 5.41) is 0. The van der Waals surface area contributed by atoms with E-state index in [1.54, 1.807) is 42.5 Å². The minimum atomic E-state index is -3.51. The molecule has 41 heavy (non-hydrogen) atoms.